The molecule has 31 heavy (non-hydrogen) atoms. The third-order valence-electron chi connectivity index (χ3n) is 4.91. The number of rotatable bonds is 7. The molecule has 0 spiro atoms. The number of carbonyl (C=O) groups excluding carboxylic acids is 1. The maximum atomic E-state index is 13.2. The average molecular weight is 417 g/mol. The van der Waals surface area contributed by atoms with E-state index in [0.717, 1.165) is 11.4 Å². The third-order valence-corrected chi connectivity index (χ3v) is 4.91. The number of benzene rings is 1. The molecule has 0 radical (unpaired) electrons. The monoisotopic (exact) mass is 417 g/mol. The minimum Gasteiger partial charge on any atom is -0.477 e. The van der Waals surface area contributed by atoms with Gasteiger partial charge in [-0.25, -0.2) is 9.67 Å². The van der Waals surface area contributed by atoms with Gasteiger partial charge in [0.25, 0.3) is 5.91 Å². The van der Waals surface area contributed by atoms with Crippen molar-refractivity contribution >= 4 is 5.91 Å². The van der Waals surface area contributed by atoms with Gasteiger partial charge in [-0.05, 0) is 25.5 Å². The summed E-state index contributed by atoms with van der Waals surface area (Å²) >= 11 is 0. The SMILES string of the molecule is CCOc1ccc(-n2ncc(C(=O)NC(c3ccccc3)c3nccn3C)c2C)nn1. The molecular weight excluding hydrogens is 394 g/mol. The second-order valence-corrected chi connectivity index (χ2v) is 6.93. The average Bonchev–Trinajstić information content (AvgIpc) is 3.39. The van der Waals surface area contributed by atoms with Crippen molar-refractivity contribution in [3.05, 3.63) is 83.7 Å². The molecule has 0 aliphatic heterocycles. The van der Waals surface area contributed by atoms with E-state index in [2.05, 4.69) is 25.6 Å². The van der Waals surface area contributed by atoms with Crippen LogP contribution in [0.15, 0.2) is 61.1 Å². The van der Waals surface area contributed by atoms with Crippen molar-refractivity contribution in [3.8, 4) is 11.7 Å². The topological polar surface area (TPSA) is 99.8 Å². The van der Waals surface area contributed by atoms with Crippen LogP contribution < -0.4 is 10.1 Å². The number of hydrogen-bond acceptors (Lipinski definition) is 6. The van der Waals surface area contributed by atoms with E-state index in [9.17, 15) is 4.79 Å². The predicted molar refractivity (Wildman–Crippen MR) is 114 cm³/mol. The minimum absolute atomic E-state index is 0.250. The van der Waals surface area contributed by atoms with Crippen LogP contribution in [0, 0.1) is 6.92 Å². The number of carbonyl (C=O) groups is 1. The van der Waals surface area contributed by atoms with E-state index in [-0.39, 0.29) is 5.91 Å². The first-order chi connectivity index (χ1) is 15.1. The minimum atomic E-state index is -0.401. The van der Waals surface area contributed by atoms with Gasteiger partial charge in [-0.1, -0.05) is 30.3 Å². The maximum absolute atomic E-state index is 13.2. The fourth-order valence-corrected chi connectivity index (χ4v) is 3.32. The first kappa shape index (κ1) is 20.3. The van der Waals surface area contributed by atoms with Crippen LogP contribution in [0.25, 0.3) is 5.82 Å². The van der Waals surface area contributed by atoms with Crippen molar-refractivity contribution in [2.75, 3.05) is 6.61 Å². The molecule has 1 N–H and O–H groups in total. The Bertz CT molecular complexity index is 1170. The third kappa shape index (κ3) is 4.16. The molecule has 3 aromatic heterocycles. The van der Waals surface area contributed by atoms with Gasteiger partial charge in [0, 0.05) is 25.5 Å². The van der Waals surface area contributed by atoms with Gasteiger partial charge < -0.3 is 14.6 Å². The highest BCUT2D eigenvalue weighted by Crippen LogP contribution is 2.22. The first-order valence-electron chi connectivity index (χ1n) is 9.93. The quantitative estimate of drug-likeness (QED) is 0.496. The number of nitrogens with one attached hydrogen (secondary N) is 1. The van der Waals surface area contributed by atoms with Crippen molar-refractivity contribution in [2.24, 2.45) is 7.05 Å². The number of nitrogens with zero attached hydrogens (tertiary/aromatic N) is 6. The summed E-state index contributed by atoms with van der Waals surface area (Å²) in [5.41, 5.74) is 2.04. The molecule has 3 heterocycles. The van der Waals surface area contributed by atoms with Crippen molar-refractivity contribution < 1.29 is 9.53 Å². The Hall–Kier alpha value is -4.01. The Labute approximate surface area is 179 Å². The number of aromatic nitrogens is 6. The van der Waals surface area contributed by atoms with Crippen LogP contribution >= 0.6 is 0 Å². The smallest absolute Gasteiger partial charge is 0.255 e. The van der Waals surface area contributed by atoms with E-state index in [0.29, 0.717) is 29.6 Å². The summed E-state index contributed by atoms with van der Waals surface area (Å²) in [6.45, 7) is 4.21. The molecule has 1 unspecified atom stereocenters. The van der Waals surface area contributed by atoms with Crippen LogP contribution in [0.2, 0.25) is 0 Å². The molecule has 158 valence electrons. The van der Waals surface area contributed by atoms with Crippen molar-refractivity contribution in [1.82, 2.24) is 34.8 Å². The maximum Gasteiger partial charge on any atom is 0.255 e. The molecule has 0 saturated heterocycles. The number of aryl methyl sites for hydroxylation is 1. The van der Waals surface area contributed by atoms with E-state index in [1.54, 1.807) is 23.0 Å². The Morgan fingerprint density at radius 3 is 2.61 bits per heavy atom. The molecule has 0 fully saturated rings. The molecule has 0 bridgehead atoms. The van der Waals surface area contributed by atoms with Crippen LogP contribution in [0.5, 0.6) is 5.88 Å². The summed E-state index contributed by atoms with van der Waals surface area (Å²) in [7, 11) is 1.90. The highest BCUT2D eigenvalue weighted by atomic mass is 16.5. The van der Waals surface area contributed by atoms with Gasteiger partial charge in [0.1, 0.15) is 11.9 Å². The van der Waals surface area contributed by atoms with E-state index >= 15 is 0 Å². The zero-order valence-corrected chi connectivity index (χ0v) is 17.6. The van der Waals surface area contributed by atoms with Crippen molar-refractivity contribution in [2.45, 2.75) is 19.9 Å². The summed E-state index contributed by atoms with van der Waals surface area (Å²) in [4.78, 5) is 17.6. The van der Waals surface area contributed by atoms with Gasteiger partial charge in [0.2, 0.25) is 5.88 Å². The fraction of sp³-hybridized carbons (Fsp3) is 0.227. The highest BCUT2D eigenvalue weighted by molar-refractivity contribution is 5.95. The van der Waals surface area contributed by atoms with E-state index < -0.39 is 6.04 Å². The fourth-order valence-electron chi connectivity index (χ4n) is 3.32. The highest BCUT2D eigenvalue weighted by Gasteiger charge is 2.24. The first-order valence-corrected chi connectivity index (χ1v) is 9.93. The Kier molecular flexibility index (Phi) is 5.74. The molecule has 1 amide bonds. The van der Waals surface area contributed by atoms with Crippen LogP contribution in [0.4, 0.5) is 0 Å². The van der Waals surface area contributed by atoms with E-state index in [1.165, 1.54) is 6.20 Å². The summed E-state index contributed by atoms with van der Waals surface area (Å²) in [5, 5.41) is 15.6. The van der Waals surface area contributed by atoms with Gasteiger partial charge in [0.15, 0.2) is 5.82 Å². The molecule has 4 rings (SSSR count). The number of amides is 1. The van der Waals surface area contributed by atoms with Gasteiger partial charge in [0.05, 0.1) is 24.1 Å². The molecule has 0 saturated carbocycles. The predicted octanol–water partition coefficient (Wildman–Crippen LogP) is 2.62. The normalized spacial score (nSPS) is 11.8. The summed E-state index contributed by atoms with van der Waals surface area (Å²) in [6, 6.07) is 12.8. The molecule has 9 heteroatoms. The second-order valence-electron chi connectivity index (χ2n) is 6.93. The number of hydrogen-bond donors (Lipinski definition) is 1. The molecule has 0 aliphatic carbocycles. The van der Waals surface area contributed by atoms with E-state index in [1.807, 2.05) is 62.0 Å². The van der Waals surface area contributed by atoms with Crippen LogP contribution in [-0.4, -0.2) is 42.0 Å². The number of imidazole rings is 1. The molecular formula is C22H23N7O2. The Morgan fingerprint density at radius 1 is 1.16 bits per heavy atom. The van der Waals surface area contributed by atoms with Crippen LogP contribution in [-0.2, 0) is 7.05 Å². The largest absolute Gasteiger partial charge is 0.477 e. The molecule has 4 aromatic rings. The lowest BCUT2D eigenvalue weighted by molar-refractivity contribution is 0.0940. The zero-order chi connectivity index (χ0) is 21.8. The number of ether oxygens (including phenoxy) is 1. The van der Waals surface area contributed by atoms with Gasteiger partial charge >= 0.3 is 0 Å². The van der Waals surface area contributed by atoms with Crippen molar-refractivity contribution in [1.29, 1.82) is 0 Å². The summed E-state index contributed by atoms with van der Waals surface area (Å²) in [6.07, 6.45) is 5.10. The summed E-state index contributed by atoms with van der Waals surface area (Å²) in [5.74, 6) is 1.43. The molecule has 9 nitrogen and oxygen atoms in total. The standard InChI is InChI=1S/C22H23N7O2/c1-4-31-19-11-10-18(26-27-19)29-15(2)17(14-24-29)22(30)25-20(16-8-6-5-7-9-16)21-23-12-13-28(21)3/h5-14,20H,4H2,1-3H3,(H,25,30). The second kappa shape index (κ2) is 8.78. The zero-order valence-electron chi connectivity index (χ0n) is 17.6. The van der Waals surface area contributed by atoms with Crippen molar-refractivity contribution in [3.63, 3.8) is 0 Å². The molecule has 1 atom stereocenters. The van der Waals surface area contributed by atoms with Gasteiger partial charge in [-0.2, -0.15) is 5.10 Å². The lowest BCUT2D eigenvalue weighted by atomic mass is 10.1. The van der Waals surface area contributed by atoms with E-state index in [4.69, 9.17) is 4.74 Å². The lowest BCUT2D eigenvalue weighted by Gasteiger charge is -2.19. The lowest BCUT2D eigenvalue weighted by Crippen LogP contribution is -2.31. The summed E-state index contributed by atoms with van der Waals surface area (Å²) < 4.78 is 8.80. The Morgan fingerprint density at radius 2 is 1.97 bits per heavy atom. The van der Waals surface area contributed by atoms with Gasteiger partial charge in [-0.15, -0.1) is 10.2 Å². The van der Waals surface area contributed by atoms with Gasteiger partial charge in [-0.3, -0.25) is 4.79 Å². The van der Waals surface area contributed by atoms with Crippen LogP contribution in [0.3, 0.4) is 0 Å². The Balaban J connectivity index is 1.61. The molecule has 1 aromatic carbocycles. The van der Waals surface area contributed by atoms with Crippen LogP contribution in [0.1, 0.15) is 40.4 Å². The molecule has 0 aliphatic rings.